The third-order valence-corrected chi connectivity index (χ3v) is 2.91. The first-order chi connectivity index (χ1) is 7.19. The van der Waals surface area contributed by atoms with E-state index in [4.69, 9.17) is 4.74 Å². The Hall–Kier alpha value is -0.830. The molecule has 0 saturated carbocycles. The summed E-state index contributed by atoms with van der Waals surface area (Å²) in [6, 6.07) is 0.420. The largest absolute Gasteiger partial charge is 0.463 e. The predicted octanol–water partition coefficient (Wildman–Crippen LogP) is 1.98. The molecule has 1 rings (SSSR count). The third-order valence-electron chi connectivity index (χ3n) is 2.91. The zero-order valence-corrected chi connectivity index (χ0v) is 9.95. The molecule has 0 aromatic carbocycles. The smallest absolute Gasteiger partial charge is 0.330 e. The Balaban J connectivity index is 2.68. The highest BCUT2D eigenvalue weighted by atomic mass is 16.5. The first-order valence-electron chi connectivity index (χ1n) is 5.76. The van der Waals surface area contributed by atoms with Gasteiger partial charge in [-0.2, -0.15) is 0 Å². The number of carbonyl (C=O) groups is 1. The van der Waals surface area contributed by atoms with E-state index in [9.17, 15) is 4.79 Å². The van der Waals surface area contributed by atoms with Crippen molar-refractivity contribution in [3.63, 3.8) is 0 Å². The Bertz CT molecular complexity index is 248. The fourth-order valence-corrected chi connectivity index (χ4v) is 2.22. The van der Waals surface area contributed by atoms with Gasteiger partial charge in [0.15, 0.2) is 0 Å². The number of piperidine rings is 1. The summed E-state index contributed by atoms with van der Waals surface area (Å²) < 4.78 is 4.94. The summed E-state index contributed by atoms with van der Waals surface area (Å²) in [5.41, 5.74) is 1.23. The molecule has 0 aromatic heterocycles. The van der Waals surface area contributed by atoms with Gasteiger partial charge in [-0.05, 0) is 45.4 Å². The molecule has 0 N–H and O–H groups in total. The number of likely N-dealkylation sites (N-methyl/N-ethyl adjacent to an activating group) is 1. The molecule has 0 spiro atoms. The molecule has 1 aliphatic rings. The van der Waals surface area contributed by atoms with E-state index in [0.29, 0.717) is 12.6 Å². The summed E-state index contributed by atoms with van der Waals surface area (Å²) >= 11 is 0. The third kappa shape index (κ3) is 3.34. The first kappa shape index (κ1) is 12.2. The second-order valence-corrected chi connectivity index (χ2v) is 3.98. The Morgan fingerprint density at radius 1 is 1.60 bits per heavy atom. The summed E-state index contributed by atoms with van der Waals surface area (Å²) in [4.78, 5) is 13.7. The number of nitrogens with zero attached hydrogens (tertiary/aromatic N) is 1. The maximum Gasteiger partial charge on any atom is 0.330 e. The molecule has 0 radical (unpaired) electrons. The molecule has 0 aromatic rings. The minimum atomic E-state index is -0.193. The average molecular weight is 211 g/mol. The zero-order chi connectivity index (χ0) is 11.3. The van der Waals surface area contributed by atoms with E-state index in [1.165, 1.54) is 5.57 Å². The molecule has 1 saturated heterocycles. The van der Waals surface area contributed by atoms with Crippen LogP contribution in [0.5, 0.6) is 0 Å². The standard InChI is InChI=1S/C12H21NO2/c1-4-11-10(7-6-8-13(11)3)9-12(14)15-5-2/h9,11H,4-8H2,1-3H3/b10-9+. The fraction of sp³-hybridized carbons (Fsp3) is 0.750. The quantitative estimate of drug-likeness (QED) is 0.528. The van der Waals surface area contributed by atoms with Gasteiger partial charge in [-0.15, -0.1) is 0 Å². The normalized spacial score (nSPS) is 25.5. The minimum absolute atomic E-state index is 0.193. The van der Waals surface area contributed by atoms with Gasteiger partial charge in [0, 0.05) is 12.1 Å². The van der Waals surface area contributed by atoms with Crippen molar-refractivity contribution in [2.24, 2.45) is 0 Å². The molecule has 1 unspecified atom stereocenters. The van der Waals surface area contributed by atoms with Crippen molar-refractivity contribution in [1.82, 2.24) is 4.90 Å². The summed E-state index contributed by atoms with van der Waals surface area (Å²) in [6.07, 6.45) is 4.91. The van der Waals surface area contributed by atoms with Crippen molar-refractivity contribution in [1.29, 1.82) is 0 Å². The van der Waals surface area contributed by atoms with Crippen molar-refractivity contribution in [2.45, 2.75) is 39.2 Å². The average Bonchev–Trinajstić information content (AvgIpc) is 2.18. The predicted molar refractivity (Wildman–Crippen MR) is 60.7 cm³/mol. The van der Waals surface area contributed by atoms with Gasteiger partial charge >= 0.3 is 5.97 Å². The number of hydrogen-bond acceptors (Lipinski definition) is 3. The van der Waals surface area contributed by atoms with Crippen LogP contribution in [0.2, 0.25) is 0 Å². The Labute approximate surface area is 92.1 Å². The Morgan fingerprint density at radius 3 is 2.93 bits per heavy atom. The highest BCUT2D eigenvalue weighted by molar-refractivity contribution is 5.83. The molecule has 1 atom stereocenters. The highest BCUT2D eigenvalue weighted by Crippen LogP contribution is 2.23. The lowest BCUT2D eigenvalue weighted by molar-refractivity contribution is -0.137. The molecular weight excluding hydrogens is 190 g/mol. The van der Waals surface area contributed by atoms with Gasteiger partial charge in [0.2, 0.25) is 0 Å². The topological polar surface area (TPSA) is 29.5 Å². The van der Waals surface area contributed by atoms with Gasteiger partial charge in [-0.3, -0.25) is 4.90 Å². The van der Waals surface area contributed by atoms with E-state index in [-0.39, 0.29) is 5.97 Å². The number of carbonyl (C=O) groups excluding carboxylic acids is 1. The van der Waals surface area contributed by atoms with Gasteiger partial charge in [0.25, 0.3) is 0 Å². The maximum atomic E-state index is 11.4. The van der Waals surface area contributed by atoms with Crippen molar-refractivity contribution >= 4 is 5.97 Å². The molecule has 3 nitrogen and oxygen atoms in total. The SMILES string of the molecule is CCOC(=O)/C=C1\CCCN(C)C1CC. The van der Waals surface area contributed by atoms with E-state index in [2.05, 4.69) is 18.9 Å². The monoisotopic (exact) mass is 211 g/mol. The van der Waals surface area contributed by atoms with Crippen LogP contribution >= 0.6 is 0 Å². The first-order valence-corrected chi connectivity index (χ1v) is 5.76. The van der Waals surface area contributed by atoms with E-state index in [0.717, 1.165) is 25.8 Å². The van der Waals surface area contributed by atoms with Crippen LogP contribution in [-0.4, -0.2) is 37.1 Å². The summed E-state index contributed by atoms with van der Waals surface area (Å²) in [5.74, 6) is -0.193. The van der Waals surface area contributed by atoms with Crippen LogP contribution in [-0.2, 0) is 9.53 Å². The lowest BCUT2D eigenvalue weighted by atomic mass is 9.94. The second kappa shape index (κ2) is 5.91. The number of ether oxygens (including phenoxy) is 1. The van der Waals surface area contributed by atoms with Crippen LogP contribution in [0, 0.1) is 0 Å². The van der Waals surface area contributed by atoms with E-state index in [1.54, 1.807) is 6.08 Å². The summed E-state index contributed by atoms with van der Waals surface area (Å²) in [5, 5.41) is 0. The van der Waals surface area contributed by atoms with Crippen molar-refractivity contribution < 1.29 is 9.53 Å². The van der Waals surface area contributed by atoms with Crippen LogP contribution < -0.4 is 0 Å². The molecule has 0 aliphatic carbocycles. The molecule has 1 fully saturated rings. The fourth-order valence-electron chi connectivity index (χ4n) is 2.22. The van der Waals surface area contributed by atoms with Crippen molar-refractivity contribution in [3.8, 4) is 0 Å². The molecule has 86 valence electrons. The van der Waals surface area contributed by atoms with Crippen LogP contribution in [0.25, 0.3) is 0 Å². The summed E-state index contributed by atoms with van der Waals surface area (Å²) in [7, 11) is 2.12. The van der Waals surface area contributed by atoms with Gasteiger partial charge in [-0.1, -0.05) is 6.92 Å². The van der Waals surface area contributed by atoms with Gasteiger partial charge in [-0.25, -0.2) is 4.79 Å². The van der Waals surface area contributed by atoms with E-state index >= 15 is 0 Å². The number of hydrogen-bond donors (Lipinski definition) is 0. The number of likely N-dealkylation sites (tertiary alicyclic amines) is 1. The Kier molecular flexibility index (Phi) is 4.82. The molecule has 1 heterocycles. The van der Waals surface area contributed by atoms with Gasteiger partial charge in [0.05, 0.1) is 6.61 Å². The number of rotatable bonds is 3. The van der Waals surface area contributed by atoms with Crippen LogP contribution in [0.3, 0.4) is 0 Å². The van der Waals surface area contributed by atoms with Gasteiger partial charge in [0.1, 0.15) is 0 Å². The molecule has 1 aliphatic heterocycles. The van der Waals surface area contributed by atoms with Crippen LogP contribution in [0.15, 0.2) is 11.6 Å². The molecular formula is C12H21NO2. The van der Waals surface area contributed by atoms with Crippen molar-refractivity contribution in [3.05, 3.63) is 11.6 Å². The Morgan fingerprint density at radius 2 is 2.33 bits per heavy atom. The maximum absolute atomic E-state index is 11.4. The van der Waals surface area contributed by atoms with Gasteiger partial charge < -0.3 is 4.74 Å². The van der Waals surface area contributed by atoms with Crippen LogP contribution in [0.4, 0.5) is 0 Å². The second-order valence-electron chi connectivity index (χ2n) is 3.98. The summed E-state index contributed by atoms with van der Waals surface area (Å²) in [6.45, 7) is 5.57. The van der Waals surface area contributed by atoms with E-state index < -0.39 is 0 Å². The molecule has 3 heteroatoms. The molecule has 15 heavy (non-hydrogen) atoms. The minimum Gasteiger partial charge on any atom is -0.463 e. The highest BCUT2D eigenvalue weighted by Gasteiger charge is 2.22. The lowest BCUT2D eigenvalue weighted by Crippen LogP contribution is -2.37. The zero-order valence-electron chi connectivity index (χ0n) is 9.95. The molecule has 0 bridgehead atoms. The van der Waals surface area contributed by atoms with Crippen molar-refractivity contribution in [2.75, 3.05) is 20.2 Å². The van der Waals surface area contributed by atoms with E-state index in [1.807, 2.05) is 6.92 Å². The lowest BCUT2D eigenvalue weighted by Gasteiger charge is -2.34. The molecule has 0 amide bonds. The number of esters is 1. The van der Waals surface area contributed by atoms with Crippen LogP contribution in [0.1, 0.15) is 33.1 Å².